The summed E-state index contributed by atoms with van der Waals surface area (Å²) < 4.78 is 0. The number of hydrogen-bond acceptors (Lipinski definition) is 3. The molecule has 102 valence electrons. The van der Waals surface area contributed by atoms with Crippen molar-refractivity contribution < 1.29 is 0 Å². The van der Waals surface area contributed by atoms with E-state index in [1.165, 1.54) is 5.56 Å². The minimum Gasteiger partial charge on any atom is -0.327 e. The van der Waals surface area contributed by atoms with Crippen LogP contribution in [0.4, 0.5) is 0 Å². The van der Waals surface area contributed by atoms with E-state index in [4.69, 9.17) is 5.73 Å². The van der Waals surface area contributed by atoms with Gasteiger partial charge >= 0.3 is 0 Å². The first-order chi connectivity index (χ1) is 7.97. The quantitative estimate of drug-likeness (QED) is 0.896. The lowest BCUT2D eigenvalue weighted by Gasteiger charge is -2.42. The Bertz CT molecular complexity index is 375. The molecular formula is C14H24ClN3. The number of aromatic nitrogens is 1. The molecule has 0 saturated carbocycles. The summed E-state index contributed by atoms with van der Waals surface area (Å²) in [4.78, 5) is 6.93. The van der Waals surface area contributed by atoms with Crippen molar-refractivity contribution in [2.24, 2.45) is 11.1 Å². The smallest absolute Gasteiger partial charge is 0.0544 e. The first kappa shape index (κ1) is 15.4. The van der Waals surface area contributed by atoms with E-state index < -0.39 is 0 Å². The summed E-state index contributed by atoms with van der Waals surface area (Å²) in [6.07, 6.45) is 3.02. The summed E-state index contributed by atoms with van der Waals surface area (Å²) in [6.45, 7) is 9.67. The molecule has 1 fully saturated rings. The van der Waals surface area contributed by atoms with Gasteiger partial charge in [-0.1, -0.05) is 19.9 Å². The normalized spacial score (nSPS) is 23.4. The molecule has 18 heavy (non-hydrogen) atoms. The van der Waals surface area contributed by atoms with Gasteiger partial charge in [0.2, 0.25) is 0 Å². The second kappa shape index (κ2) is 6.00. The molecule has 1 aromatic rings. The summed E-state index contributed by atoms with van der Waals surface area (Å²) in [5.41, 5.74) is 8.73. The van der Waals surface area contributed by atoms with Gasteiger partial charge in [-0.2, -0.15) is 0 Å². The Morgan fingerprint density at radius 3 is 2.72 bits per heavy atom. The predicted octanol–water partition coefficient (Wildman–Crippen LogP) is 2.37. The van der Waals surface area contributed by atoms with Gasteiger partial charge in [0.15, 0.2) is 0 Å². The summed E-state index contributed by atoms with van der Waals surface area (Å²) >= 11 is 0. The molecule has 2 heterocycles. The highest BCUT2D eigenvalue weighted by Crippen LogP contribution is 2.28. The highest BCUT2D eigenvalue weighted by molar-refractivity contribution is 5.85. The Kier molecular flexibility index (Phi) is 5.14. The number of halogens is 1. The molecule has 0 spiro atoms. The molecule has 0 aliphatic carbocycles. The van der Waals surface area contributed by atoms with Crippen molar-refractivity contribution in [1.29, 1.82) is 0 Å². The molecule has 2 N–H and O–H groups in total. The van der Waals surface area contributed by atoms with Crippen LogP contribution in [-0.4, -0.2) is 29.0 Å². The Hall–Kier alpha value is -0.640. The minimum absolute atomic E-state index is 0. The molecule has 1 saturated heterocycles. The van der Waals surface area contributed by atoms with E-state index in [0.29, 0.717) is 6.04 Å². The second-order valence-electron chi connectivity index (χ2n) is 5.92. The van der Waals surface area contributed by atoms with Gasteiger partial charge < -0.3 is 5.73 Å². The molecule has 1 aromatic heterocycles. The van der Waals surface area contributed by atoms with Crippen LogP contribution in [0, 0.1) is 12.3 Å². The van der Waals surface area contributed by atoms with Gasteiger partial charge in [-0.25, -0.2) is 0 Å². The van der Waals surface area contributed by atoms with Crippen LogP contribution in [0.2, 0.25) is 0 Å². The van der Waals surface area contributed by atoms with Gasteiger partial charge in [-0.15, -0.1) is 12.4 Å². The first-order valence-corrected chi connectivity index (χ1v) is 6.37. The van der Waals surface area contributed by atoms with E-state index in [9.17, 15) is 0 Å². The maximum atomic E-state index is 6.15. The molecule has 1 atom stereocenters. The van der Waals surface area contributed by atoms with E-state index in [1.54, 1.807) is 0 Å². The van der Waals surface area contributed by atoms with Crippen LogP contribution in [0.1, 0.15) is 31.5 Å². The summed E-state index contributed by atoms with van der Waals surface area (Å²) in [5, 5.41) is 0. The number of pyridine rings is 1. The largest absolute Gasteiger partial charge is 0.327 e. The number of rotatable bonds is 2. The summed E-state index contributed by atoms with van der Waals surface area (Å²) in [6, 6.07) is 4.57. The zero-order valence-electron chi connectivity index (χ0n) is 11.5. The van der Waals surface area contributed by atoms with Crippen LogP contribution in [-0.2, 0) is 6.54 Å². The average Bonchev–Trinajstić information content (AvgIpc) is 2.26. The van der Waals surface area contributed by atoms with Crippen LogP contribution in [0.3, 0.4) is 0 Å². The van der Waals surface area contributed by atoms with Gasteiger partial charge in [-0.3, -0.25) is 9.88 Å². The highest BCUT2D eigenvalue weighted by Gasteiger charge is 2.33. The molecule has 0 amide bonds. The van der Waals surface area contributed by atoms with Crippen LogP contribution in [0.5, 0.6) is 0 Å². The topological polar surface area (TPSA) is 42.1 Å². The van der Waals surface area contributed by atoms with Crippen LogP contribution in [0.25, 0.3) is 0 Å². The van der Waals surface area contributed by atoms with Gasteiger partial charge in [0.05, 0.1) is 5.69 Å². The third kappa shape index (κ3) is 3.67. The fourth-order valence-corrected chi connectivity index (χ4v) is 2.44. The lowest BCUT2D eigenvalue weighted by molar-refractivity contribution is 0.0889. The summed E-state index contributed by atoms with van der Waals surface area (Å²) in [7, 11) is 0. The third-order valence-corrected chi connectivity index (χ3v) is 3.75. The molecule has 4 heteroatoms. The molecule has 0 radical (unpaired) electrons. The fraction of sp³-hybridized carbons (Fsp3) is 0.643. The molecule has 1 aliphatic rings. The first-order valence-electron chi connectivity index (χ1n) is 6.37. The Morgan fingerprint density at radius 2 is 2.17 bits per heavy atom. The van der Waals surface area contributed by atoms with Crippen molar-refractivity contribution in [3.05, 3.63) is 29.6 Å². The number of piperidine rings is 1. The van der Waals surface area contributed by atoms with Crippen molar-refractivity contribution >= 4 is 12.4 Å². The zero-order chi connectivity index (χ0) is 12.5. The Labute approximate surface area is 116 Å². The SMILES string of the molecule is Cc1ccc(CN2CCC(N)C(C)(C)C2)nc1.Cl. The van der Waals surface area contributed by atoms with E-state index in [2.05, 4.69) is 42.8 Å². The number of likely N-dealkylation sites (tertiary alicyclic amines) is 1. The highest BCUT2D eigenvalue weighted by atomic mass is 35.5. The van der Waals surface area contributed by atoms with Gasteiger partial charge in [-0.05, 0) is 30.4 Å². The van der Waals surface area contributed by atoms with Crippen molar-refractivity contribution in [1.82, 2.24) is 9.88 Å². The van der Waals surface area contributed by atoms with Crippen molar-refractivity contribution in [3.8, 4) is 0 Å². The van der Waals surface area contributed by atoms with Crippen LogP contribution in [0.15, 0.2) is 18.3 Å². The fourth-order valence-electron chi connectivity index (χ4n) is 2.44. The van der Waals surface area contributed by atoms with E-state index >= 15 is 0 Å². The average molecular weight is 270 g/mol. The lowest BCUT2D eigenvalue weighted by atomic mass is 9.79. The number of hydrogen-bond donors (Lipinski definition) is 1. The van der Waals surface area contributed by atoms with Crippen molar-refractivity contribution in [2.45, 2.75) is 39.8 Å². The summed E-state index contributed by atoms with van der Waals surface area (Å²) in [5.74, 6) is 0. The maximum absolute atomic E-state index is 6.15. The van der Waals surface area contributed by atoms with E-state index in [1.807, 2.05) is 6.20 Å². The van der Waals surface area contributed by atoms with E-state index in [0.717, 1.165) is 31.7 Å². The molecule has 3 nitrogen and oxygen atoms in total. The molecule has 2 rings (SSSR count). The second-order valence-corrected chi connectivity index (χ2v) is 5.92. The zero-order valence-corrected chi connectivity index (χ0v) is 12.3. The van der Waals surface area contributed by atoms with Crippen LogP contribution >= 0.6 is 12.4 Å². The predicted molar refractivity (Wildman–Crippen MR) is 77.9 cm³/mol. The lowest BCUT2D eigenvalue weighted by Crippen LogP contribution is -2.52. The maximum Gasteiger partial charge on any atom is 0.0544 e. The monoisotopic (exact) mass is 269 g/mol. The molecule has 1 aliphatic heterocycles. The Balaban J connectivity index is 0.00000162. The molecular weight excluding hydrogens is 246 g/mol. The van der Waals surface area contributed by atoms with Crippen LogP contribution < -0.4 is 5.73 Å². The van der Waals surface area contributed by atoms with Crippen molar-refractivity contribution in [2.75, 3.05) is 13.1 Å². The Morgan fingerprint density at radius 1 is 1.44 bits per heavy atom. The van der Waals surface area contributed by atoms with Crippen molar-refractivity contribution in [3.63, 3.8) is 0 Å². The number of aryl methyl sites for hydroxylation is 1. The number of nitrogens with zero attached hydrogens (tertiary/aromatic N) is 2. The van der Waals surface area contributed by atoms with Gasteiger partial charge in [0.1, 0.15) is 0 Å². The minimum atomic E-state index is 0. The third-order valence-electron chi connectivity index (χ3n) is 3.75. The standard InChI is InChI=1S/C14H23N3.ClH/c1-11-4-5-12(16-8-11)9-17-7-6-13(15)14(2,3)10-17;/h4-5,8,13H,6-7,9-10,15H2,1-3H3;1H. The van der Waals surface area contributed by atoms with E-state index in [-0.39, 0.29) is 17.8 Å². The molecule has 0 bridgehead atoms. The van der Waals surface area contributed by atoms with Gasteiger partial charge in [0.25, 0.3) is 0 Å². The molecule has 1 unspecified atom stereocenters. The number of nitrogens with two attached hydrogens (primary N) is 1. The molecule has 0 aromatic carbocycles. The van der Waals surface area contributed by atoms with Gasteiger partial charge in [0, 0.05) is 31.9 Å².